The van der Waals surface area contributed by atoms with Gasteiger partial charge in [-0.3, -0.25) is 9.69 Å². The Bertz CT molecular complexity index is 1410. The van der Waals surface area contributed by atoms with Crippen molar-refractivity contribution < 1.29 is 32.2 Å². The molecular formula is C26H30N2O7S. The number of carbonyl (C=O) groups excluding carboxylic acids is 2. The third-order valence-electron chi connectivity index (χ3n) is 6.07. The Labute approximate surface area is 210 Å². The molecule has 0 aliphatic carbocycles. The predicted octanol–water partition coefficient (Wildman–Crippen LogP) is 4.28. The van der Waals surface area contributed by atoms with Gasteiger partial charge in [-0.15, -0.1) is 0 Å². The fourth-order valence-corrected chi connectivity index (χ4v) is 6.15. The Morgan fingerprint density at radius 1 is 1.06 bits per heavy atom. The van der Waals surface area contributed by atoms with Gasteiger partial charge in [0.1, 0.15) is 11.4 Å². The number of benzene rings is 2. The fourth-order valence-electron chi connectivity index (χ4n) is 4.53. The molecule has 0 spiro atoms. The lowest BCUT2D eigenvalue weighted by Crippen LogP contribution is -2.44. The van der Waals surface area contributed by atoms with Gasteiger partial charge < -0.3 is 14.2 Å². The quantitative estimate of drug-likeness (QED) is 0.468. The first-order chi connectivity index (χ1) is 17.0. The molecule has 0 fully saturated rings. The summed E-state index contributed by atoms with van der Waals surface area (Å²) in [5.41, 5.74) is 0.732. The molecule has 1 aromatic heterocycles. The lowest BCUT2D eigenvalue weighted by atomic mass is 9.95. The number of rotatable bonds is 5. The van der Waals surface area contributed by atoms with Crippen LogP contribution in [0.15, 0.2) is 53.4 Å². The normalized spacial score (nSPS) is 15.9. The summed E-state index contributed by atoms with van der Waals surface area (Å²) in [6.45, 7) is 5.49. The number of amides is 1. The zero-order valence-corrected chi connectivity index (χ0v) is 21.8. The largest absolute Gasteiger partial charge is 0.497 e. The van der Waals surface area contributed by atoms with Crippen molar-refractivity contribution in [1.29, 1.82) is 0 Å². The molecule has 4 rings (SSSR count). The molecule has 0 saturated carbocycles. The van der Waals surface area contributed by atoms with Crippen molar-refractivity contribution in [3.05, 3.63) is 59.8 Å². The summed E-state index contributed by atoms with van der Waals surface area (Å²) in [5, 5.41) is 0.683. The SMILES string of the molecule is COC(=O)CC1c2c(c3cc(OC)ccc3n2S(=O)(=O)c2ccccc2)CCN1C(=O)OC(C)(C)C. The number of esters is 1. The Hall–Kier alpha value is -3.53. The molecular weight excluding hydrogens is 484 g/mol. The summed E-state index contributed by atoms with van der Waals surface area (Å²) in [4.78, 5) is 27.2. The third kappa shape index (κ3) is 4.65. The van der Waals surface area contributed by atoms with Crippen LogP contribution in [0.5, 0.6) is 5.75 Å². The molecule has 1 amide bonds. The van der Waals surface area contributed by atoms with E-state index >= 15 is 0 Å². The van der Waals surface area contributed by atoms with Gasteiger partial charge in [-0.05, 0) is 63.1 Å². The minimum Gasteiger partial charge on any atom is -0.497 e. The van der Waals surface area contributed by atoms with Crippen LogP contribution in [0.1, 0.15) is 44.5 Å². The van der Waals surface area contributed by atoms with Gasteiger partial charge in [-0.2, -0.15) is 0 Å². The number of hydrogen-bond donors (Lipinski definition) is 0. The van der Waals surface area contributed by atoms with Gasteiger partial charge in [-0.1, -0.05) is 18.2 Å². The van der Waals surface area contributed by atoms with Crippen molar-refractivity contribution in [1.82, 2.24) is 8.87 Å². The van der Waals surface area contributed by atoms with Gasteiger partial charge in [0.2, 0.25) is 0 Å². The minimum absolute atomic E-state index is 0.0896. The number of fused-ring (bicyclic) bond motifs is 3. The van der Waals surface area contributed by atoms with Crippen LogP contribution in [0.25, 0.3) is 10.9 Å². The number of nitrogens with zero attached hydrogens (tertiary/aromatic N) is 2. The lowest BCUT2D eigenvalue weighted by Gasteiger charge is -2.37. The molecule has 1 unspecified atom stereocenters. The van der Waals surface area contributed by atoms with Crippen molar-refractivity contribution in [2.75, 3.05) is 20.8 Å². The van der Waals surface area contributed by atoms with Crippen molar-refractivity contribution in [2.45, 2.75) is 50.2 Å². The predicted molar refractivity (Wildman–Crippen MR) is 134 cm³/mol. The van der Waals surface area contributed by atoms with Crippen molar-refractivity contribution >= 4 is 33.0 Å². The average molecular weight is 515 g/mol. The summed E-state index contributed by atoms with van der Waals surface area (Å²) in [6.07, 6.45) is -0.498. The van der Waals surface area contributed by atoms with Gasteiger partial charge in [0.05, 0.1) is 42.8 Å². The number of carbonyl (C=O) groups is 2. The van der Waals surface area contributed by atoms with Gasteiger partial charge in [0, 0.05) is 11.9 Å². The van der Waals surface area contributed by atoms with E-state index in [-0.39, 0.29) is 17.9 Å². The summed E-state index contributed by atoms with van der Waals surface area (Å²) >= 11 is 0. The second-order valence-corrected chi connectivity index (χ2v) is 11.3. The van der Waals surface area contributed by atoms with E-state index in [2.05, 4.69) is 0 Å². The van der Waals surface area contributed by atoms with E-state index in [1.54, 1.807) is 57.2 Å². The molecule has 0 saturated heterocycles. The van der Waals surface area contributed by atoms with Crippen LogP contribution in [0, 0.1) is 0 Å². The van der Waals surface area contributed by atoms with Crippen LogP contribution in [0.4, 0.5) is 4.79 Å². The highest BCUT2D eigenvalue weighted by molar-refractivity contribution is 7.90. The fraction of sp³-hybridized carbons (Fsp3) is 0.385. The zero-order valence-electron chi connectivity index (χ0n) is 21.0. The Kier molecular flexibility index (Phi) is 6.74. The van der Waals surface area contributed by atoms with Gasteiger partial charge in [0.15, 0.2) is 0 Å². The maximum Gasteiger partial charge on any atom is 0.410 e. The monoisotopic (exact) mass is 514 g/mol. The second kappa shape index (κ2) is 9.50. The molecule has 192 valence electrons. The first kappa shape index (κ1) is 25.6. The molecule has 10 heteroatoms. The molecule has 0 radical (unpaired) electrons. The zero-order chi connectivity index (χ0) is 26.3. The highest BCUT2D eigenvalue weighted by Gasteiger charge is 2.41. The Morgan fingerprint density at radius 2 is 1.75 bits per heavy atom. The maximum absolute atomic E-state index is 14.0. The number of methoxy groups -OCH3 is 2. The van der Waals surface area contributed by atoms with E-state index in [9.17, 15) is 18.0 Å². The third-order valence-corrected chi connectivity index (χ3v) is 7.81. The van der Waals surface area contributed by atoms with Crippen LogP contribution in [-0.4, -0.2) is 55.7 Å². The topological polar surface area (TPSA) is 104 Å². The average Bonchev–Trinajstić information content (AvgIpc) is 3.18. The summed E-state index contributed by atoms with van der Waals surface area (Å²) in [5.74, 6) is -0.00782. The molecule has 1 aliphatic rings. The van der Waals surface area contributed by atoms with Crippen LogP contribution in [0.3, 0.4) is 0 Å². The Morgan fingerprint density at radius 3 is 2.36 bits per heavy atom. The van der Waals surface area contributed by atoms with Crippen molar-refractivity contribution in [3.63, 3.8) is 0 Å². The van der Waals surface area contributed by atoms with Gasteiger partial charge >= 0.3 is 12.1 Å². The van der Waals surface area contributed by atoms with E-state index in [0.29, 0.717) is 28.8 Å². The maximum atomic E-state index is 14.0. The molecule has 0 bridgehead atoms. The Balaban J connectivity index is 2.01. The van der Waals surface area contributed by atoms with E-state index < -0.39 is 33.7 Å². The molecule has 36 heavy (non-hydrogen) atoms. The molecule has 0 N–H and O–H groups in total. The van der Waals surface area contributed by atoms with Crippen LogP contribution in [0.2, 0.25) is 0 Å². The van der Waals surface area contributed by atoms with E-state index in [1.165, 1.54) is 35.2 Å². The van der Waals surface area contributed by atoms with E-state index in [4.69, 9.17) is 14.2 Å². The second-order valence-electron chi connectivity index (χ2n) is 9.55. The van der Waals surface area contributed by atoms with Gasteiger partial charge in [-0.25, -0.2) is 17.2 Å². The number of ether oxygens (including phenoxy) is 3. The van der Waals surface area contributed by atoms with E-state index in [0.717, 1.165) is 5.56 Å². The highest BCUT2D eigenvalue weighted by Crippen LogP contribution is 2.42. The van der Waals surface area contributed by atoms with Crippen molar-refractivity contribution in [2.24, 2.45) is 0 Å². The molecule has 1 atom stereocenters. The smallest absolute Gasteiger partial charge is 0.410 e. The first-order valence-corrected chi connectivity index (χ1v) is 13.0. The lowest BCUT2D eigenvalue weighted by molar-refractivity contribution is -0.142. The molecule has 9 nitrogen and oxygen atoms in total. The molecule has 2 heterocycles. The van der Waals surface area contributed by atoms with Crippen molar-refractivity contribution in [3.8, 4) is 5.75 Å². The number of hydrogen-bond acceptors (Lipinski definition) is 7. The van der Waals surface area contributed by atoms with Crippen LogP contribution >= 0.6 is 0 Å². The number of aromatic nitrogens is 1. The molecule has 1 aliphatic heterocycles. The van der Waals surface area contributed by atoms with Crippen LogP contribution < -0.4 is 4.74 Å². The standard InChI is InChI=1S/C26H30N2O7S/c1-26(2,3)35-25(30)27-14-13-19-20-15-17(33-4)11-12-21(20)28(24(19)22(27)16-23(29)34-5)36(31,32)18-9-7-6-8-10-18/h6-12,15,22H,13-14,16H2,1-5H3. The van der Waals surface area contributed by atoms with Crippen LogP contribution in [-0.2, 0) is 30.7 Å². The van der Waals surface area contributed by atoms with E-state index in [1.807, 2.05) is 0 Å². The van der Waals surface area contributed by atoms with Gasteiger partial charge in [0.25, 0.3) is 10.0 Å². The summed E-state index contributed by atoms with van der Waals surface area (Å²) < 4.78 is 45.2. The summed E-state index contributed by atoms with van der Waals surface area (Å²) in [6, 6.07) is 12.3. The summed E-state index contributed by atoms with van der Waals surface area (Å²) in [7, 11) is -1.31. The highest BCUT2D eigenvalue weighted by atomic mass is 32.2. The molecule has 3 aromatic rings. The molecule has 2 aromatic carbocycles. The first-order valence-electron chi connectivity index (χ1n) is 11.6. The minimum atomic E-state index is -4.10.